The highest BCUT2D eigenvalue weighted by atomic mass is 35.5. The van der Waals surface area contributed by atoms with Gasteiger partial charge >= 0.3 is 11.9 Å². The number of hydrogen-bond acceptors (Lipinski definition) is 2. The Kier molecular flexibility index (Phi) is 5.93. The molecule has 0 aromatic heterocycles. The molecule has 1 aromatic carbocycles. The van der Waals surface area contributed by atoms with Crippen molar-refractivity contribution in [1.29, 1.82) is 0 Å². The Morgan fingerprint density at radius 3 is 2.36 bits per heavy atom. The van der Waals surface area contributed by atoms with Gasteiger partial charge in [0.2, 0.25) is 0 Å². The molecule has 4 nitrogen and oxygen atoms in total. The SMILES string of the molecule is C[C@@]12CCC[C@H]1[C@@H]1CC[C@@H]3[C@](C)(CCC(=O)[N+]3(C)C(=O)NC3(c4ccc(Cl)cc4)CCCC3)[C@H]1CC2. The predicted octanol–water partition coefficient (Wildman–Crippen LogP) is 7.59. The summed E-state index contributed by atoms with van der Waals surface area (Å²) in [5.74, 6) is 2.36. The van der Waals surface area contributed by atoms with Crippen molar-refractivity contribution in [1.82, 2.24) is 5.32 Å². The molecule has 0 spiro atoms. The van der Waals surface area contributed by atoms with Gasteiger partial charge in [-0.2, -0.15) is 4.48 Å². The summed E-state index contributed by atoms with van der Waals surface area (Å²) in [6.45, 7) is 5.00. The maximum Gasteiger partial charge on any atom is 0.424 e. The van der Waals surface area contributed by atoms with Gasteiger partial charge in [-0.25, -0.2) is 9.59 Å². The van der Waals surface area contributed by atoms with E-state index in [1.54, 1.807) is 0 Å². The standard InChI is InChI=1S/C31H43ClN2O2/c1-29-16-6-7-24(29)23-12-13-26-30(2,25(23)14-19-29)20-15-27(35)34(26,3)28(36)33-31(17-4-5-18-31)21-8-10-22(32)11-9-21/h8-11,23-26H,4-7,12-20H2,1-3H3/p+1/t23-,24-,25-,26+,29-,30+,34?/m0/s1. The number of amides is 3. The molecular weight excluding hydrogens is 468 g/mol. The first kappa shape index (κ1) is 24.9. The molecule has 1 heterocycles. The van der Waals surface area contributed by atoms with E-state index in [1.807, 2.05) is 19.2 Å². The van der Waals surface area contributed by atoms with Gasteiger partial charge in [-0.05, 0) is 92.2 Å². The van der Waals surface area contributed by atoms with E-state index in [9.17, 15) is 9.59 Å². The van der Waals surface area contributed by atoms with Crippen LogP contribution >= 0.6 is 11.6 Å². The number of carbonyl (C=O) groups is 2. The van der Waals surface area contributed by atoms with E-state index in [1.165, 1.54) is 38.5 Å². The van der Waals surface area contributed by atoms with E-state index in [0.717, 1.165) is 55.9 Å². The van der Waals surface area contributed by atoms with Gasteiger partial charge in [0, 0.05) is 16.9 Å². The lowest BCUT2D eigenvalue weighted by atomic mass is 9.47. The summed E-state index contributed by atoms with van der Waals surface area (Å²) in [4.78, 5) is 28.0. The number of imide groups is 1. The third kappa shape index (κ3) is 3.49. The van der Waals surface area contributed by atoms with Crippen LogP contribution in [0.3, 0.4) is 0 Å². The van der Waals surface area contributed by atoms with Crippen LogP contribution in [0.2, 0.25) is 5.02 Å². The molecule has 36 heavy (non-hydrogen) atoms. The second kappa shape index (κ2) is 8.56. The minimum absolute atomic E-state index is 0.0515. The van der Waals surface area contributed by atoms with E-state index in [-0.39, 0.29) is 27.9 Å². The first-order valence-electron chi connectivity index (χ1n) is 14.6. The summed E-state index contributed by atoms with van der Waals surface area (Å²) in [6, 6.07) is 7.96. The van der Waals surface area contributed by atoms with Crippen LogP contribution in [0.15, 0.2) is 24.3 Å². The van der Waals surface area contributed by atoms with Crippen LogP contribution < -0.4 is 5.32 Å². The minimum atomic E-state index is -0.398. The highest BCUT2D eigenvalue weighted by Gasteiger charge is 2.66. The molecule has 0 radical (unpaired) electrons. The number of carbonyl (C=O) groups excluding carboxylic acids is 2. The first-order chi connectivity index (χ1) is 17.1. The number of likely N-dealkylation sites (tertiary alicyclic amines) is 1. The van der Waals surface area contributed by atoms with Crippen molar-refractivity contribution < 1.29 is 14.1 Å². The van der Waals surface area contributed by atoms with E-state index >= 15 is 0 Å². The lowest BCUT2D eigenvalue weighted by Crippen LogP contribution is -2.74. The summed E-state index contributed by atoms with van der Waals surface area (Å²) in [6.07, 6.45) is 14.4. The second-order valence-corrected chi connectivity index (χ2v) is 14.2. The summed E-state index contributed by atoms with van der Waals surface area (Å²) in [5, 5.41) is 4.21. The quantitative estimate of drug-likeness (QED) is 0.416. The second-order valence-electron chi connectivity index (χ2n) is 13.8. The monoisotopic (exact) mass is 511 g/mol. The minimum Gasteiger partial charge on any atom is -0.296 e. The maximum absolute atomic E-state index is 14.3. The van der Waals surface area contributed by atoms with E-state index in [0.29, 0.717) is 22.8 Å². The van der Waals surface area contributed by atoms with Crippen molar-refractivity contribution in [2.45, 2.75) is 109 Å². The van der Waals surface area contributed by atoms with Crippen LogP contribution in [-0.4, -0.2) is 29.5 Å². The zero-order valence-corrected chi connectivity index (χ0v) is 23.2. The lowest BCUT2D eigenvalue weighted by molar-refractivity contribution is -0.800. The topological polar surface area (TPSA) is 46.2 Å². The van der Waals surface area contributed by atoms with Crippen LogP contribution in [0.25, 0.3) is 0 Å². The molecule has 5 fully saturated rings. The molecular formula is C31H44ClN2O2+. The number of nitrogens with zero attached hydrogens (tertiary/aromatic N) is 1. The van der Waals surface area contributed by atoms with Crippen LogP contribution in [0, 0.1) is 28.6 Å². The number of rotatable bonds is 2. The molecule has 4 saturated carbocycles. The van der Waals surface area contributed by atoms with E-state index in [2.05, 4.69) is 31.3 Å². The molecule has 1 aliphatic heterocycles. The molecule has 5 heteroatoms. The molecule has 196 valence electrons. The van der Waals surface area contributed by atoms with Gasteiger partial charge in [-0.15, -0.1) is 0 Å². The Labute approximate surface area is 222 Å². The predicted molar refractivity (Wildman–Crippen MR) is 143 cm³/mol. The fourth-order valence-electron chi connectivity index (χ4n) is 10.2. The Bertz CT molecular complexity index is 1050. The zero-order valence-electron chi connectivity index (χ0n) is 22.5. The molecule has 1 saturated heterocycles. The smallest absolute Gasteiger partial charge is 0.296 e. The highest BCUT2D eigenvalue weighted by Crippen LogP contribution is 2.65. The Morgan fingerprint density at radius 1 is 0.917 bits per heavy atom. The van der Waals surface area contributed by atoms with E-state index < -0.39 is 5.54 Å². The number of fused-ring (bicyclic) bond motifs is 5. The number of nitrogens with one attached hydrogen (secondary N) is 1. The van der Waals surface area contributed by atoms with Gasteiger partial charge in [0.15, 0.2) is 0 Å². The summed E-state index contributed by atoms with van der Waals surface area (Å²) >= 11 is 6.19. The third-order valence-electron chi connectivity index (χ3n) is 12.2. The van der Waals surface area contributed by atoms with Gasteiger partial charge in [0.05, 0.1) is 19.0 Å². The summed E-state index contributed by atoms with van der Waals surface area (Å²) in [5.41, 5.74) is 1.30. The van der Waals surface area contributed by atoms with Crippen molar-refractivity contribution in [3.8, 4) is 0 Å². The number of quaternary nitrogens is 1. The Balaban J connectivity index is 1.31. The molecule has 4 aliphatic carbocycles. The van der Waals surface area contributed by atoms with Gasteiger partial charge in [0.1, 0.15) is 6.04 Å². The number of halogens is 1. The van der Waals surface area contributed by atoms with Crippen molar-refractivity contribution in [2.75, 3.05) is 7.05 Å². The molecule has 5 aliphatic rings. The van der Waals surface area contributed by atoms with Crippen LogP contribution in [0.1, 0.15) is 103 Å². The van der Waals surface area contributed by atoms with Crippen molar-refractivity contribution in [3.05, 3.63) is 34.9 Å². The molecule has 1 aromatic rings. The Morgan fingerprint density at radius 2 is 1.64 bits per heavy atom. The van der Waals surface area contributed by atoms with Gasteiger partial charge in [-0.3, -0.25) is 5.32 Å². The average molecular weight is 512 g/mol. The Hall–Kier alpha value is -1.39. The van der Waals surface area contributed by atoms with Crippen molar-refractivity contribution >= 4 is 23.5 Å². The first-order valence-corrected chi connectivity index (χ1v) is 15.0. The highest BCUT2D eigenvalue weighted by molar-refractivity contribution is 6.30. The number of hydrogen-bond donors (Lipinski definition) is 1. The third-order valence-corrected chi connectivity index (χ3v) is 12.5. The maximum atomic E-state index is 14.3. The summed E-state index contributed by atoms with van der Waals surface area (Å²) in [7, 11) is 1.95. The molecule has 7 atom stereocenters. The van der Waals surface area contributed by atoms with Gasteiger partial charge in [-0.1, -0.05) is 56.8 Å². The summed E-state index contributed by atoms with van der Waals surface area (Å²) < 4.78 is -0.0585. The fraction of sp³-hybridized carbons (Fsp3) is 0.742. The normalized spacial score (nSPS) is 43.4. The number of piperidine rings is 1. The molecule has 0 bridgehead atoms. The van der Waals surface area contributed by atoms with E-state index in [4.69, 9.17) is 11.6 Å². The number of benzene rings is 1. The lowest BCUT2D eigenvalue weighted by Gasteiger charge is -2.61. The molecule has 6 rings (SSSR count). The molecule has 1 N–H and O–H groups in total. The van der Waals surface area contributed by atoms with Crippen LogP contribution in [-0.2, 0) is 10.3 Å². The fourth-order valence-corrected chi connectivity index (χ4v) is 10.3. The van der Waals surface area contributed by atoms with Crippen LogP contribution in [0.4, 0.5) is 4.79 Å². The number of urea groups is 1. The molecule has 3 amide bonds. The molecule has 1 unspecified atom stereocenters. The zero-order chi connectivity index (χ0) is 25.3. The van der Waals surface area contributed by atoms with Gasteiger partial charge in [0.25, 0.3) is 0 Å². The average Bonchev–Trinajstić information content (AvgIpc) is 3.49. The van der Waals surface area contributed by atoms with Crippen molar-refractivity contribution in [2.24, 2.45) is 28.6 Å². The largest absolute Gasteiger partial charge is 0.424 e. The van der Waals surface area contributed by atoms with Crippen LogP contribution in [0.5, 0.6) is 0 Å². The van der Waals surface area contributed by atoms with Crippen molar-refractivity contribution in [3.63, 3.8) is 0 Å². The van der Waals surface area contributed by atoms with Gasteiger partial charge < -0.3 is 0 Å².